The zero-order valence-electron chi connectivity index (χ0n) is 17.6. The fourth-order valence-corrected chi connectivity index (χ4v) is 4.23. The number of fused-ring (bicyclic) bond motifs is 1. The minimum atomic E-state index is -0.626. The molecule has 9 nitrogen and oxygen atoms in total. The number of nitrogens with zero attached hydrogens (tertiary/aromatic N) is 3. The van der Waals surface area contributed by atoms with Gasteiger partial charge in [0.15, 0.2) is 11.5 Å². The summed E-state index contributed by atoms with van der Waals surface area (Å²) in [5.41, 5.74) is 0.404. The third kappa shape index (κ3) is 4.19. The van der Waals surface area contributed by atoms with Crippen LogP contribution in [0.25, 0.3) is 0 Å². The van der Waals surface area contributed by atoms with Crippen LogP contribution in [0.5, 0.6) is 11.5 Å². The van der Waals surface area contributed by atoms with E-state index in [2.05, 4.69) is 9.88 Å². The number of anilines is 1. The molecule has 2 aliphatic rings. The van der Waals surface area contributed by atoms with Gasteiger partial charge >= 0.3 is 5.69 Å². The van der Waals surface area contributed by atoms with Crippen LogP contribution in [-0.2, 0) is 6.54 Å². The average Bonchev–Trinajstić information content (AvgIpc) is 3.29. The molecular weight excluding hydrogens is 448 g/mol. The normalized spacial score (nSPS) is 15.1. The van der Waals surface area contributed by atoms with Crippen molar-refractivity contribution in [2.45, 2.75) is 6.54 Å². The Labute approximate surface area is 193 Å². The molecule has 1 saturated heterocycles. The lowest BCUT2D eigenvalue weighted by Crippen LogP contribution is -2.50. The predicted octanol–water partition coefficient (Wildman–Crippen LogP) is 1.93. The van der Waals surface area contributed by atoms with Gasteiger partial charge in [-0.25, -0.2) is 4.79 Å². The largest absolute Gasteiger partial charge is 0.454 e. The molecule has 1 fully saturated rings. The summed E-state index contributed by atoms with van der Waals surface area (Å²) < 4.78 is 11.7. The second kappa shape index (κ2) is 8.67. The molecule has 170 valence electrons. The number of carbonyl (C=O) groups excluding carboxylic acids is 1. The summed E-state index contributed by atoms with van der Waals surface area (Å²) in [5.74, 6) is 0.768. The molecule has 0 radical (unpaired) electrons. The molecule has 1 N–H and O–H groups in total. The Bertz CT molecular complexity index is 1330. The van der Waals surface area contributed by atoms with Gasteiger partial charge in [0.25, 0.3) is 11.5 Å². The van der Waals surface area contributed by atoms with Crippen molar-refractivity contribution in [3.63, 3.8) is 0 Å². The number of benzene rings is 2. The molecule has 0 unspecified atom stereocenters. The van der Waals surface area contributed by atoms with E-state index < -0.39 is 17.2 Å². The van der Waals surface area contributed by atoms with Crippen molar-refractivity contribution in [2.24, 2.45) is 0 Å². The fourth-order valence-electron chi connectivity index (χ4n) is 4.04. The third-order valence-electron chi connectivity index (χ3n) is 5.81. The van der Waals surface area contributed by atoms with E-state index in [1.165, 1.54) is 6.20 Å². The van der Waals surface area contributed by atoms with E-state index in [-0.39, 0.29) is 18.9 Å². The zero-order valence-corrected chi connectivity index (χ0v) is 18.4. The number of amides is 1. The number of aromatic nitrogens is 2. The highest BCUT2D eigenvalue weighted by molar-refractivity contribution is 6.30. The molecule has 0 aliphatic carbocycles. The quantitative estimate of drug-likeness (QED) is 0.628. The number of rotatable bonds is 4. The average molecular weight is 469 g/mol. The Morgan fingerprint density at radius 3 is 2.58 bits per heavy atom. The van der Waals surface area contributed by atoms with E-state index in [0.29, 0.717) is 48.3 Å². The topological polar surface area (TPSA) is 96.9 Å². The van der Waals surface area contributed by atoms with Crippen molar-refractivity contribution in [1.29, 1.82) is 0 Å². The summed E-state index contributed by atoms with van der Waals surface area (Å²) in [6.45, 7) is 2.27. The maximum absolute atomic E-state index is 13.1. The van der Waals surface area contributed by atoms with Crippen molar-refractivity contribution in [3.8, 4) is 11.5 Å². The van der Waals surface area contributed by atoms with Crippen molar-refractivity contribution in [3.05, 3.63) is 85.6 Å². The number of aromatic amines is 1. The van der Waals surface area contributed by atoms with Gasteiger partial charge in [-0.05, 0) is 35.9 Å². The smallest absolute Gasteiger partial charge is 0.328 e. The van der Waals surface area contributed by atoms with Gasteiger partial charge in [0.05, 0.1) is 6.54 Å². The van der Waals surface area contributed by atoms with Gasteiger partial charge in [0.2, 0.25) is 6.79 Å². The van der Waals surface area contributed by atoms with Gasteiger partial charge in [-0.1, -0.05) is 23.7 Å². The Kier molecular flexibility index (Phi) is 5.55. The molecule has 3 aromatic rings. The highest BCUT2D eigenvalue weighted by Gasteiger charge is 2.25. The second-order valence-electron chi connectivity index (χ2n) is 7.85. The summed E-state index contributed by atoms with van der Waals surface area (Å²) in [5, 5.41) is 0.655. The van der Waals surface area contributed by atoms with E-state index in [4.69, 9.17) is 21.1 Å². The number of hydrogen-bond acceptors (Lipinski definition) is 6. The molecule has 33 heavy (non-hydrogen) atoms. The van der Waals surface area contributed by atoms with Gasteiger partial charge in [0, 0.05) is 43.1 Å². The Hall–Kier alpha value is -3.72. The highest BCUT2D eigenvalue weighted by atomic mass is 35.5. The molecule has 0 saturated carbocycles. The Balaban J connectivity index is 1.33. The first kappa shape index (κ1) is 21.1. The van der Waals surface area contributed by atoms with Crippen LogP contribution in [0.3, 0.4) is 0 Å². The number of H-pyrrole nitrogens is 1. The van der Waals surface area contributed by atoms with Gasteiger partial charge in [-0.2, -0.15) is 0 Å². The SMILES string of the molecule is O=C(c1c[nH]c(=O)n(Cc2ccc3c(c2)OCO3)c1=O)N1CCN(c2cccc(Cl)c2)CC1. The first-order valence-electron chi connectivity index (χ1n) is 10.5. The molecule has 1 amide bonds. The van der Waals surface area contributed by atoms with Crippen molar-refractivity contribution in [2.75, 3.05) is 37.9 Å². The lowest BCUT2D eigenvalue weighted by atomic mass is 10.2. The van der Waals surface area contributed by atoms with E-state index in [9.17, 15) is 14.4 Å². The van der Waals surface area contributed by atoms with Crippen LogP contribution in [0.2, 0.25) is 5.02 Å². The molecule has 0 bridgehead atoms. The van der Waals surface area contributed by atoms with Crippen LogP contribution in [-0.4, -0.2) is 53.3 Å². The predicted molar refractivity (Wildman–Crippen MR) is 123 cm³/mol. The summed E-state index contributed by atoms with van der Waals surface area (Å²) in [6.07, 6.45) is 1.20. The van der Waals surface area contributed by atoms with Crippen molar-refractivity contribution >= 4 is 23.2 Å². The summed E-state index contributed by atoms with van der Waals surface area (Å²) in [7, 11) is 0. The first-order valence-corrected chi connectivity index (χ1v) is 10.9. The molecule has 2 aliphatic heterocycles. The number of nitrogens with one attached hydrogen (secondary N) is 1. The van der Waals surface area contributed by atoms with E-state index >= 15 is 0 Å². The highest BCUT2D eigenvalue weighted by Crippen LogP contribution is 2.32. The van der Waals surface area contributed by atoms with Gasteiger partial charge in [0.1, 0.15) is 5.56 Å². The number of ether oxygens (including phenoxy) is 2. The summed E-state index contributed by atoms with van der Waals surface area (Å²) >= 11 is 6.08. The summed E-state index contributed by atoms with van der Waals surface area (Å²) in [6, 6.07) is 12.8. The Morgan fingerprint density at radius 1 is 1.00 bits per heavy atom. The van der Waals surface area contributed by atoms with Gasteiger partial charge in [-0.3, -0.25) is 14.2 Å². The molecule has 5 rings (SSSR count). The monoisotopic (exact) mass is 468 g/mol. The molecular formula is C23H21ClN4O5. The standard InChI is InChI=1S/C23H21ClN4O5/c24-16-2-1-3-17(11-16)26-6-8-27(9-7-26)21(29)18-12-25-23(31)28(22(18)30)13-15-4-5-19-20(10-15)33-14-32-19/h1-5,10-12H,6-9,13-14H2,(H,25,31). The number of hydrogen-bond donors (Lipinski definition) is 1. The second-order valence-corrected chi connectivity index (χ2v) is 8.28. The molecule has 1 aromatic heterocycles. The van der Waals surface area contributed by atoms with E-state index in [0.717, 1.165) is 10.3 Å². The maximum Gasteiger partial charge on any atom is 0.328 e. The van der Waals surface area contributed by atoms with E-state index in [1.807, 2.05) is 24.3 Å². The minimum absolute atomic E-state index is 0.00840. The van der Waals surface area contributed by atoms with Crippen molar-refractivity contribution < 1.29 is 14.3 Å². The minimum Gasteiger partial charge on any atom is -0.454 e. The van der Waals surface area contributed by atoms with Crippen LogP contribution >= 0.6 is 11.6 Å². The van der Waals surface area contributed by atoms with Crippen LogP contribution in [0.15, 0.2) is 58.3 Å². The van der Waals surface area contributed by atoms with Gasteiger partial charge < -0.3 is 24.3 Å². The van der Waals surface area contributed by atoms with Crippen LogP contribution in [0.4, 0.5) is 5.69 Å². The molecule has 2 aromatic carbocycles. The first-order chi connectivity index (χ1) is 16.0. The van der Waals surface area contributed by atoms with Gasteiger partial charge in [-0.15, -0.1) is 0 Å². The number of carbonyl (C=O) groups is 1. The number of halogens is 1. The molecule has 10 heteroatoms. The van der Waals surface area contributed by atoms with Crippen molar-refractivity contribution in [1.82, 2.24) is 14.5 Å². The zero-order chi connectivity index (χ0) is 22.9. The van der Waals surface area contributed by atoms with E-state index in [1.54, 1.807) is 23.1 Å². The number of piperazine rings is 1. The van der Waals surface area contributed by atoms with Crippen LogP contribution in [0.1, 0.15) is 15.9 Å². The molecule has 3 heterocycles. The molecule has 0 atom stereocenters. The third-order valence-corrected chi connectivity index (χ3v) is 6.04. The lowest BCUT2D eigenvalue weighted by Gasteiger charge is -2.36. The summed E-state index contributed by atoms with van der Waals surface area (Å²) in [4.78, 5) is 44.8. The lowest BCUT2D eigenvalue weighted by molar-refractivity contribution is 0.0743. The fraction of sp³-hybridized carbons (Fsp3) is 0.261. The Morgan fingerprint density at radius 2 is 1.79 bits per heavy atom. The molecule has 0 spiro atoms. The van der Waals surface area contributed by atoms with Crippen LogP contribution in [0, 0.1) is 0 Å². The van der Waals surface area contributed by atoms with Crippen LogP contribution < -0.4 is 25.6 Å². The maximum atomic E-state index is 13.1.